The molecule has 6 heteroatoms. The highest BCUT2D eigenvalue weighted by Gasteiger charge is 2.19. The largest absolute Gasteiger partial charge is 0.352 e. The average Bonchev–Trinajstić information content (AvgIpc) is 2.26. The lowest BCUT2D eigenvalue weighted by Gasteiger charge is -2.25. The van der Waals surface area contributed by atoms with Crippen molar-refractivity contribution in [2.75, 3.05) is 12.0 Å². The predicted molar refractivity (Wildman–Crippen MR) is 63.8 cm³/mol. The Morgan fingerprint density at radius 3 is 2.39 bits per heavy atom. The molecule has 0 spiro atoms. The molecule has 18 heavy (non-hydrogen) atoms. The molecular weight excluding hydrogens is 240 g/mol. The zero-order chi connectivity index (χ0) is 13.1. The standard InChI is InChI=1S/C12H15F2N3O/c13-9-4-8(5-10(14)11(9)17-15)12(18)16-6-7-2-1-3-7/h4-5,7,17H,1-3,6,15H2,(H,16,18). The van der Waals surface area contributed by atoms with E-state index in [2.05, 4.69) is 5.32 Å². The van der Waals surface area contributed by atoms with E-state index in [9.17, 15) is 13.6 Å². The fourth-order valence-electron chi connectivity index (χ4n) is 1.88. The Morgan fingerprint density at radius 2 is 1.94 bits per heavy atom. The summed E-state index contributed by atoms with van der Waals surface area (Å²) in [7, 11) is 0. The minimum atomic E-state index is -0.883. The van der Waals surface area contributed by atoms with Crippen molar-refractivity contribution in [2.45, 2.75) is 19.3 Å². The van der Waals surface area contributed by atoms with Crippen LogP contribution < -0.4 is 16.6 Å². The van der Waals surface area contributed by atoms with Gasteiger partial charge in [-0.2, -0.15) is 0 Å². The topological polar surface area (TPSA) is 67.1 Å². The van der Waals surface area contributed by atoms with Gasteiger partial charge in [-0.15, -0.1) is 0 Å². The van der Waals surface area contributed by atoms with Gasteiger partial charge in [-0.3, -0.25) is 10.6 Å². The van der Waals surface area contributed by atoms with Gasteiger partial charge < -0.3 is 10.7 Å². The molecule has 0 heterocycles. The minimum Gasteiger partial charge on any atom is -0.352 e. The average molecular weight is 255 g/mol. The number of rotatable bonds is 4. The Kier molecular flexibility index (Phi) is 3.76. The molecule has 0 unspecified atom stereocenters. The quantitative estimate of drug-likeness (QED) is 0.567. The van der Waals surface area contributed by atoms with E-state index in [1.54, 1.807) is 0 Å². The molecule has 4 N–H and O–H groups in total. The predicted octanol–water partition coefficient (Wildman–Crippen LogP) is 1.78. The molecule has 0 aliphatic heterocycles. The summed E-state index contributed by atoms with van der Waals surface area (Å²) in [6, 6.07) is 1.93. The first-order valence-corrected chi connectivity index (χ1v) is 5.85. The maximum absolute atomic E-state index is 13.4. The maximum Gasteiger partial charge on any atom is 0.251 e. The molecule has 0 atom stereocenters. The third-order valence-electron chi connectivity index (χ3n) is 3.22. The number of benzene rings is 1. The van der Waals surface area contributed by atoms with E-state index < -0.39 is 23.2 Å². The molecule has 1 saturated carbocycles. The van der Waals surface area contributed by atoms with Crippen molar-refractivity contribution >= 4 is 11.6 Å². The lowest BCUT2D eigenvalue weighted by Crippen LogP contribution is -2.32. The summed E-state index contributed by atoms with van der Waals surface area (Å²) >= 11 is 0. The normalized spacial score (nSPS) is 15.1. The van der Waals surface area contributed by atoms with Crippen LogP contribution in [0.25, 0.3) is 0 Å². The zero-order valence-electron chi connectivity index (χ0n) is 9.80. The first-order valence-electron chi connectivity index (χ1n) is 5.85. The SMILES string of the molecule is NNc1c(F)cc(C(=O)NCC2CCC2)cc1F. The van der Waals surface area contributed by atoms with Gasteiger partial charge in [-0.05, 0) is 30.9 Å². The zero-order valence-corrected chi connectivity index (χ0v) is 9.80. The summed E-state index contributed by atoms with van der Waals surface area (Å²) in [5, 5.41) is 2.67. The molecule has 1 amide bonds. The van der Waals surface area contributed by atoms with Crippen LogP contribution in [0.2, 0.25) is 0 Å². The maximum atomic E-state index is 13.4. The molecule has 0 bridgehead atoms. The van der Waals surface area contributed by atoms with E-state index >= 15 is 0 Å². The van der Waals surface area contributed by atoms with Gasteiger partial charge in [0.15, 0.2) is 11.6 Å². The van der Waals surface area contributed by atoms with Crippen LogP contribution in [0.1, 0.15) is 29.6 Å². The van der Waals surface area contributed by atoms with Gasteiger partial charge >= 0.3 is 0 Å². The first kappa shape index (κ1) is 12.8. The van der Waals surface area contributed by atoms with E-state index in [-0.39, 0.29) is 5.56 Å². The van der Waals surface area contributed by atoms with E-state index in [1.807, 2.05) is 5.43 Å². The number of halogens is 2. The lowest BCUT2D eigenvalue weighted by atomic mass is 9.85. The van der Waals surface area contributed by atoms with Gasteiger partial charge in [0, 0.05) is 12.1 Å². The van der Waals surface area contributed by atoms with Gasteiger partial charge in [0.1, 0.15) is 5.69 Å². The lowest BCUT2D eigenvalue weighted by molar-refractivity contribution is 0.0938. The second kappa shape index (κ2) is 5.30. The second-order valence-corrected chi connectivity index (χ2v) is 4.47. The number of carbonyl (C=O) groups is 1. The number of amides is 1. The van der Waals surface area contributed by atoms with Crippen LogP contribution in [0.3, 0.4) is 0 Å². The summed E-state index contributed by atoms with van der Waals surface area (Å²) < 4.78 is 26.8. The molecule has 2 rings (SSSR count). The third kappa shape index (κ3) is 2.59. The van der Waals surface area contributed by atoms with Crippen LogP contribution in [-0.4, -0.2) is 12.5 Å². The molecule has 0 radical (unpaired) electrons. The van der Waals surface area contributed by atoms with E-state index in [1.165, 1.54) is 6.42 Å². The number of hydrazine groups is 1. The van der Waals surface area contributed by atoms with Crippen molar-refractivity contribution in [2.24, 2.45) is 11.8 Å². The Bertz CT molecular complexity index is 438. The number of carbonyl (C=O) groups excluding carboxylic acids is 1. The molecule has 1 aliphatic carbocycles. The second-order valence-electron chi connectivity index (χ2n) is 4.47. The van der Waals surface area contributed by atoms with Gasteiger partial charge in [0.2, 0.25) is 0 Å². The van der Waals surface area contributed by atoms with E-state index in [0.29, 0.717) is 12.5 Å². The van der Waals surface area contributed by atoms with Crippen molar-refractivity contribution in [3.05, 3.63) is 29.3 Å². The van der Waals surface area contributed by atoms with Crippen molar-refractivity contribution in [3.8, 4) is 0 Å². The van der Waals surface area contributed by atoms with Crippen LogP contribution in [-0.2, 0) is 0 Å². The van der Waals surface area contributed by atoms with Crippen LogP contribution in [0, 0.1) is 17.6 Å². The monoisotopic (exact) mass is 255 g/mol. The number of nitrogens with two attached hydrogens (primary N) is 1. The highest BCUT2D eigenvalue weighted by Crippen LogP contribution is 2.25. The van der Waals surface area contributed by atoms with Crippen molar-refractivity contribution in [1.82, 2.24) is 5.32 Å². The smallest absolute Gasteiger partial charge is 0.251 e. The number of hydrogen-bond donors (Lipinski definition) is 3. The number of nitrogens with one attached hydrogen (secondary N) is 2. The molecule has 0 aromatic heterocycles. The van der Waals surface area contributed by atoms with Gasteiger partial charge in [-0.25, -0.2) is 8.78 Å². The van der Waals surface area contributed by atoms with Gasteiger partial charge in [0.25, 0.3) is 5.91 Å². The van der Waals surface area contributed by atoms with Crippen LogP contribution in [0.5, 0.6) is 0 Å². The molecular formula is C12H15F2N3O. The molecule has 1 aromatic carbocycles. The molecule has 1 aliphatic rings. The Hall–Kier alpha value is -1.69. The van der Waals surface area contributed by atoms with Crippen molar-refractivity contribution in [3.63, 3.8) is 0 Å². The van der Waals surface area contributed by atoms with Crippen LogP contribution >= 0.6 is 0 Å². The third-order valence-corrected chi connectivity index (χ3v) is 3.22. The van der Waals surface area contributed by atoms with E-state index in [4.69, 9.17) is 5.84 Å². The fraction of sp³-hybridized carbons (Fsp3) is 0.417. The Morgan fingerprint density at radius 1 is 1.33 bits per heavy atom. The van der Waals surface area contributed by atoms with Gasteiger partial charge in [0.05, 0.1) is 0 Å². The van der Waals surface area contributed by atoms with E-state index in [0.717, 1.165) is 25.0 Å². The summed E-state index contributed by atoms with van der Waals surface area (Å²) in [4.78, 5) is 11.7. The Balaban J connectivity index is 2.05. The molecule has 4 nitrogen and oxygen atoms in total. The molecule has 1 fully saturated rings. The van der Waals surface area contributed by atoms with Crippen molar-refractivity contribution in [1.29, 1.82) is 0 Å². The highest BCUT2D eigenvalue weighted by molar-refractivity contribution is 5.94. The summed E-state index contributed by atoms with van der Waals surface area (Å²) in [5.74, 6) is 3.23. The number of nitrogen functional groups attached to an aromatic ring is 1. The summed E-state index contributed by atoms with van der Waals surface area (Å²) in [6.07, 6.45) is 3.37. The van der Waals surface area contributed by atoms with Crippen LogP contribution in [0.4, 0.5) is 14.5 Å². The molecule has 0 saturated heterocycles. The molecule has 1 aromatic rings. The Labute approximate surface area is 104 Å². The number of anilines is 1. The minimum absolute atomic E-state index is 0.0386. The molecule has 98 valence electrons. The first-order chi connectivity index (χ1) is 8.61. The fourth-order valence-corrected chi connectivity index (χ4v) is 1.88. The number of hydrogen-bond acceptors (Lipinski definition) is 3. The summed E-state index contributed by atoms with van der Waals surface area (Å²) in [5.41, 5.74) is 1.44. The van der Waals surface area contributed by atoms with Gasteiger partial charge in [-0.1, -0.05) is 6.42 Å². The summed E-state index contributed by atoms with van der Waals surface area (Å²) in [6.45, 7) is 0.555. The van der Waals surface area contributed by atoms with Crippen LogP contribution in [0.15, 0.2) is 12.1 Å². The highest BCUT2D eigenvalue weighted by atomic mass is 19.1. The van der Waals surface area contributed by atoms with Crippen molar-refractivity contribution < 1.29 is 13.6 Å².